The Morgan fingerprint density at radius 1 is 0.935 bits per heavy atom. The number of aromatic nitrogens is 2. The van der Waals surface area contributed by atoms with Gasteiger partial charge in [-0.15, -0.1) is 0 Å². The lowest BCUT2D eigenvalue weighted by Crippen LogP contribution is -2.46. The topological polar surface area (TPSA) is 50.7 Å². The predicted octanol–water partition coefficient (Wildman–Crippen LogP) is 4.13. The highest BCUT2D eigenvalue weighted by Gasteiger charge is 2.18. The first-order valence-corrected chi connectivity index (χ1v) is 11.6. The number of hydrogen-bond acceptors (Lipinski definition) is 7. The minimum Gasteiger partial charge on any atom is -0.497 e. The quantitative estimate of drug-likeness (QED) is 0.491. The van der Waals surface area contributed by atoms with E-state index in [0.717, 1.165) is 55.9 Å². The molecule has 0 aliphatic carbocycles. The molecule has 0 bridgehead atoms. The van der Waals surface area contributed by atoms with Gasteiger partial charge in [-0.25, -0.2) is 4.98 Å². The van der Waals surface area contributed by atoms with E-state index in [1.54, 1.807) is 7.11 Å². The Labute approximate surface area is 189 Å². The number of nitrogens with zero attached hydrogens (tertiary/aromatic N) is 4. The molecule has 7 heteroatoms. The Bertz CT molecular complexity index is 852. The molecular formula is C24H32N4O2S. The Hall–Kier alpha value is -2.48. The van der Waals surface area contributed by atoms with Crippen LogP contribution in [-0.4, -0.2) is 60.7 Å². The third kappa shape index (κ3) is 7.94. The minimum absolute atomic E-state index is 0.650. The largest absolute Gasteiger partial charge is 0.497 e. The van der Waals surface area contributed by atoms with Gasteiger partial charge in [0.05, 0.1) is 20.3 Å². The molecule has 1 saturated heterocycles. The number of piperazine rings is 1. The average Bonchev–Trinajstić information content (AvgIpc) is 3.32. The van der Waals surface area contributed by atoms with Gasteiger partial charge in [0, 0.05) is 44.1 Å². The average molecular weight is 441 g/mol. The Morgan fingerprint density at radius 2 is 1.61 bits per heavy atom. The third-order valence-electron chi connectivity index (χ3n) is 5.11. The van der Waals surface area contributed by atoms with E-state index >= 15 is 0 Å². The van der Waals surface area contributed by atoms with E-state index in [0.29, 0.717) is 13.2 Å². The van der Waals surface area contributed by atoms with Crippen molar-refractivity contribution in [1.29, 1.82) is 0 Å². The van der Waals surface area contributed by atoms with Crippen LogP contribution in [0.25, 0.3) is 0 Å². The number of likely N-dealkylation sites (N-methyl/N-ethyl adjacent to an activating group) is 1. The molecule has 166 valence electrons. The van der Waals surface area contributed by atoms with Gasteiger partial charge in [0.25, 0.3) is 0 Å². The highest BCUT2D eigenvalue weighted by molar-refractivity contribution is 7.09. The van der Waals surface area contributed by atoms with Crippen molar-refractivity contribution in [3.8, 4) is 5.75 Å². The molecular weight excluding hydrogens is 408 g/mol. The first kappa shape index (κ1) is 23.2. The summed E-state index contributed by atoms with van der Waals surface area (Å²) < 4.78 is 15.1. The van der Waals surface area contributed by atoms with Crippen molar-refractivity contribution in [3.63, 3.8) is 0 Å². The molecule has 0 N–H and O–H groups in total. The van der Waals surface area contributed by atoms with Gasteiger partial charge in [0.15, 0.2) is 0 Å². The summed E-state index contributed by atoms with van der Waals surface area (Å²) in [7, 11) is 1.66. The second kappa shape index (κ2) is 13.0. The fraction of sp³-hybridized carbons (Fsp3) is 0.417. The maximum Gasteiger partial charge on any atom is 0.205 e. The normalized spacial score (nSPS) is 14.1. The molecule has 1 aliphatic rings. The molecule has 2 aromatic carbocycles. The molecule has 0 saturated carbocycles. The van der Waals surface area contributed by atoms with Crippen molar-refractivity contribution >= 4 is 16.7 Å². The van der Waals surface area contributed by atoms with Crippen molar-refractivity contribution in [3.05, 3.63) is 72.1 Å². The molecule has 2 heterocycles. The molecule has 31 heavy (non-hydrogen) atoms. The van der Waals surface area contributed by atoms with E-state index in [9.17, 15) is 0 Å². The summed E-state index contributed by atoms with van der Waals surface area (Å²) in [6, 6.07) is 19.9. The van der Waals surface area contributed by atoms with Crippen LogP contribution in [0.5, 0.6) is 5.75 Å². The van der Waals surface area contributed by atoms with Gasteiger partial charge in [-0.05, 0) is 24.2 Å². The molecule has 1 aromatic heterocycles. The number of methoxy groups -OCH3 is 1. The second-order valence-electron chi connectivity index (χ2n) is 7.22. The van der Waals surface area contributed by atoms with Gasteiger partial charge in [-0.1, -0.05) is 55.5 Å². The molecule has 0 unspecified atom stereocenters. The van der Waals surface area contributed by atoms with Crippen LogP contribution in [-0.2, 0) is 17.8 Å². The van der Waals surface area contributed by atoms with Crippen LogP contribution in [0.3, 0.4) is 0 Å². The van der Waals surface area contributed by atoms with E-state index < -0.39 is 0 Å². The molecule has 0 amide bonds. The predicted molar refractivity (Wildman–Crippen MR) is 127 cm³/mol. The zero-order valence-corrected chi connectivity index (χ0v) is 19.3. The van der Waals surface area contributed by atoms with Gasteiger partial charge in [0.1, 0.15) is 11.6 Å². The van der Waals surface area contributed by atoms with Crippen molar-refractivity contribution < 1.29 is 9.47 Å². The van der Waals surface area contributed by atoms with Crippen LogP contribution in [0.15, 0.2) is 60.7 Å². The minimum atomic E-state index is 0.650. The second-order valence-corrected chi connectivity index (χ2v) is 7.95. The summed E-state index contributed by atoms with van der Waals surface area (Å²) in [5, 5.41) is 1.05. The summed E-state index contributed by atoms with van der Waals surface area (Å²) in [6.07, 6.45) is 0.776. The van der Waals surface area contributed by atoms with Crippen LogP contribution >= 0.6 is 11.5 Å². The van der Waals surface area contributed by atoms with Crippen molar-refractivity contribution in [2.24, 2.45) is 0 Å². The maximum absolute atomic E-state index is 5.71. The van der Waals surface area contributed by atoms with Crippen LogP contribution in [0.2, 0.25) is 0 Å². The third-order valence-corrected chi connectivity index (χ3v) is 5.92. The lowest BCUT2D eigenvalue weighted by atomic mass is 10.2. The van der Waals surface area contributed by atoms with Gasteiger partial charge in [0.2, 0.25) is 5.13 Å². The molecule has 6 nitrogen and oxygen atoms in total. The van der Waals surface area contributed by atoms with Crippen LogP contribution in [0, 0.1) is 0 Å². The Balaban J connectivity index is 0.000000287. The first-order chi connectivity index (χ1) is 15.3. The van der Waals surface area contributed by atoms with Crippen molar-refractivity contribution in [1.82, 2.24) is 14.3 Å². The lowest BCUT2D eigenvalue weighted by Gasteiger charge is -2.33. The molecule has 0 spiro atoms. The molecule has 3 aromatic rings. The molecule has 0 atom stereocenters. The van der Waals surface area contributed by atoms with E-state index in [1.165, 1.54) is 17.1 Å². The maximum atomic E-state index is 5.71. The zero-order valence-electron chi connectivity index (χ0n) is 18.4. The Kier molecular flexibility index (Phi) is 9.76. The monoisotopic (exact) mass is 440 g/mol. The van der Waals surface area contributed by atoms with E-state index in [-0.39, 0.29) is 0 Å². The lowest BCUT2D eigenvalue weighted by molar-refractivity contribution is 0.123. The van der Waals surface area contributed by atoms with Crippen LogP contribution < -0.4 is 9.64 Å². The summed E-state index contributed by atoms with van der Waals surface area (Å²) in [5.41, 5.74) is 1.20. The fourth-order valence-corrected chi connectivity index (χ4v) is 3.98. The number of hydrogen-bond donors (Lipinski definition) is 0. The fourth-order valence-electron chi connectivity index (χ4n) is 3.21. The number of benzene rings is 2. The van der Waals surface area contributed by atoms with E-state index in [4.69, 9.17) is 9.47 Å². The zero-order chi connectivity index (χ0) is 21.7. The SMILES string of the molecule is CCN1CCN(c2nc(CCOCc3ccccc3)ns2)CC1.COc1ccccc1. The summed E-state index contributed by atoms with van der Waals surface area (Å²) in [6.45, 7) is 8.99. The highest BCUT2D eigenvalue weighted by atomic mass is 32.1. The number of para-hydroxylation sites is 1. The Morgan fingerprint density at radius 3 is 2.23 bits per heavy atom. The highest BCUT2D eigenvalue weighted by Crippen LogP contribution is 2.19. The number of ether oxygens (including phenoxy) is 2. The van der Waals surface area contributed by atoms with Gasteiger partial charge in [-0.2, -0.15) is 4.37 Å². The standard InChI is InChI=1S/C17H24N4OS.C7H8O/c1-2-20-9-11-21(12-10-20)17-18-16(19-23-17)8-13-22-14-15-6-4-3-5-7-15;1-8-7-5-3-2-4-6-7/h3-7H,2,8-14H2,1H3;2-6H,1H3. The summed E-state index contributed by atoms with van der Waals surface area (Å²) >= 11 is 1.51. The first-order valence-electron chi connectivity index (χ1n) is 10.8. The van der Waals surface area contributed by atoms with Crippen molar-refractivity contribution in [2.45, 2.75) is 20.0 Å². The summed E-state index contributed by atoms with van der Waals surface area (Å²) in [4.78, 5) is 9.48. The molecule has 4 rings (SSSR count). The molecule has 1 aliphatic heterocycles. The summed E-state index contributed by atoms with van der Waals surface area (Å²) in [5.74, 6) is 1.81. The number of anilines is 1. The van der Waals surface area contributed by atoms with E-state index in [1.807, 2.05) is 48.5 Å². The van der Waals surface area contributed by atoms with E-state index in [2.05, 4.69) is 38.2 Å². The molecule has 0 radical (unpaired) electrons. The van der Waals surface area contributed by atoms with Gasteiger partial charge < -0.3 is 19.3 Å². The molecule has 1 fully saturated rings. The smallest absolute Gasteiger partial charge is 0.205 e. The van der Waals surface area contributed by atoms with Gasteiger partial charge in [-0.3, -0.25) is 0 Å². The van der Waals surface area contributed by atoms with Crippen LogP contribution in [0.4, 0.5) is 5.13 Å². The number of rotatable bonds is 8. The van der Waals surface area contributed by atoms with Crippen molar-refractivity contribution in [2.75, 3.05) is 51.3 Å². The van der Waals surface area contributed by atoms with Crippen LogP contribution in [0.1, 0.15) is 18.3 Å². The van der Waals surface area contributed by atoms with Gasteiger partial charge >= 0.3 is 0 Å².